The molecule has 1 fully saturated rings. The number of nitro groups is 1. The summed E-state index contributed by atoms with van der Waals surface area (Å²) in [5.41, 5.74) is 2.94. The van der Waals surface area contributed by atoms with E-state index in [0.717, 1.165) is 62.3 Å². The predicted octanol–water partition coefficient (Wildman–Crippen LogP) is 5.74. The van der Waals surface area contributed by atoms with Crippen LogP contribution in [0.2, 0.25) is 0 Å². The summed E-state index contributed by atoms with van der Waals surface area (Å²) in [6.07, 6.45) is 4.57. The van der Waals surface area contributed by atoms with Gasteiger partial charge in [0.2, 0.25) is 0 Å². The normalized spacial score (nSPS) is 14.4. The minimum absolute atomic E-state index is 0.0802. The average molecular weight is 558 g/mol. The Labute approximate surface area is 239 Å². The van der Waals surface area contributed by atoms with E-state index in [0.29, 0.717) is 34.9 Å². The first kappa shape index (κ1) is 28.3. The number of nitro benzene ring substituents is 1. The van der Waals surface area contributed by atoms with Crippen LogP contribution in [0.4, 0.5) is 5.69 Å². The highest BCUT2D eigenvalue weighted by molar-refractivity contribution is 5.82. The molecule has 0 spiro atoms. The first-order valence-electron chi connectivity index (χ1n) is 13.9. The van der Waals surface area contributed by atoms with Crippen LogP contribution in [0.3, 0.4) is 0 Å². The number of hydrogen-bond acceptors (Lipinski definition) is 8. The van der Waals surface area contributed by atoms with Gasteiger partial charge >= 0.3 is 0 Å². The van der Waals surface area contributed by atoms with E-state index in [2.05, 4.69) is 16.8 Å². The summed E-state index contributed by atoms with van der Waals surface area (Å²) in [7, 11) is 3.78. The van der Waals surface area contributed by atoms with E-state index in [1.807, 2.05) is 42.5 Å². The monoisotopic (exact) mass is 557 g/mol. The highest BCUT2D eigenvalue weighted by Crippen LogP contribution is 2.25. The Bertz CT molecular complexity index is 1530. The van der Waals surface area contributed by atoms with Crippen molar-refractivity contribution in [2.24, 2.45) is 0 Å². The molecule has 0 atom stereocenters. The summed E-state index contributed by atoms with van der Waals surface area (Å²) in [4.78, 5) is 28.4. The van der Waals surface area contributed by atoms with Gasteiger partial charge in [-0.15, -0.1) is 0 Å². The number of benzene rings is 3. The number of non-ortho nitro benzene ring substituents is 1. The van der Waals surface area contributed by atoms with E-state index in [9.17, 15) is 14.9 Å². The molecule has 9 heteroatoms. The highest BCUT2D eigenvalue weighted by atomic mass is 16.6. The zero-order chi connectivity index (χ0) is 28.8. The Morgan fingerprint density at radius 2 is 1.73 bits per heavy atom. The summed E-state index contributed by atoms with van der Waals surface area (Å²) in [5, 5.41) is 11.4. The third-order valence-electron chi connectivity index (χ3n) is 7.80. The topological polar surface area (TPSA) is 98.3 Å². The van der Waals surface area contributed by atoms with E-state index in [-0.39, 0.29) is 16.0 Å². The fourth-order valence-corrected chi connectivity index (χ4v) is 5.35. The van der Waals surface area contributed by atoms with Gasteiger partial charge in [-0.2, -0.15) is 0 Å². The molecule has 0 N–H and O–H groups in total. The molecule has 214 valence electrons. The summed E-state index contributed by atoms with van der Waals surface area (Å²) < 4.78 is 17.0. The Balaban J connectivity index is 1.07. The first-order valence-corrected chi connectivity index (χ1v) is 13.9. The quantitative estimate of drug-likeness (QED) is 0.131. The Hall–Kier alpha value is -4.21. The first-order chi connectivity index (χ1) is 19.9. The third-order valence-corrected chi connectivity index (χ3v) is 7.80. The fraction of sp³-hybridized carbons (Fsp3) is 0.344. The van der Waals surface area contributed by atoms with E-state index in [1.165, 1.54) is 6.26 Å². The van der Waals surface area contributed by atoms with Crippen molar-refractivity contribution in [2.75, 3.05) is 40.4 Å². The second-order valence-corrected chi connectivity index (χ2v) is 10.5. The molecule has 0 bridgehead atoms. The van der Waals surface area contributed by atoms with Crippen LogP contribution < -0.4 is 14.9 Å². The lowest BCUT2D eigenvalue weighted by molar-refractivity contribution is -0.384. The van der Waals surface area contributed by atoms with Crippen molar-refractivity contribution in [1.82, 2.24) is 9.80 Å². The molecule has 0 radical (unpaired) electrons. The van der Waals surface area contributed by atoms with Gasteiger partial charge in [-0.25, -0.2) is 0 Å². The molecule has 0 unspecified atom stereocenters. The van der Waals surface area contributed by atoms with Gasteiger partial charge in [-0.05, 0) is 74.8 Å². The van der Waals surface area contributed by atoms with Crippen molar-refractivity contribution in [3.05, 3.63) is 98.9 Å². The van der Waals surface area contributed by atoms with Gasteiger partial charge in [-0.1, -0.05) is 24.3 Å². The summed E-state index contributed by atoms with van der Waals surface area (Å²) >= 11 is 0. The molecule has 0 aliphatic carbocycles. The summed E-state index contributed by atoms with van der Waals surface area (Å²) in [6.45, 7) is 4.33. The van der Waals surface area contributed by atoms with Crippen LogP contribution in [0.15, 0.2) is 82.2 Å². The zero-order valence-corrected chi connectivity index (χ0v) is 23.5. The van der Waals surface area contributed by atoms with Crippen molar-refractivity contribution in [2.45, 2.75) is 31.8 Å². The molecule has 1 aromatic heterocycles. The standard InChI is InChI=1S/C32H35N3O6/c1-33(25-14-17-34(18-15-25)21-23-4-8-26(9-5-23)35(37)38)16-3-19-40-28-12-13-29-31(20-28)41-22-30(32(29)36)24-6-10-27(39-2)11-7-24/h4-13,20,22,25H,3,14-19,21H2,1-2H3. The van der Waals surface area contributed by atoms with Crippen LogP contribution in [-0.4, -0.2) is 61.2 Å². The van der Waals surface area contributed by atoms with Crippen molar-refractivity contribution in [1.29, 1.82) is 0 Å². The van der Waals surface area contributed by atoms with Crippen LogP contribution in [0.1, 0.15) is 24.8 Å². The van der Waals surface area contributed by atoms with E-state index in [1.54, 1.807) is 31.4 Å². The minimum Gasteiger partial charge on any atom is -0.497 e. The lowest BCUT2D eigenvalue weighted by Crippen LogP contribution is -2.43. The third kappa shape index (κ3) is 6.93. The van der Waals surface area contributed by atoms with Gasteiger partial charge < -0.3 is 18.8 Å². The molecular formula is C32H35N3O6. The smallest absolute Gasteiger partial charge is 0.269 e. The number of nitrogens with zero attached hydrogens (tertiary/aromatic N) is 3. The van der Waals surface area contributed by atoms with Gasteiger partial charge in [0, 0.05) is 37.3 Å². The molecule has 1 saturated heterocycles. The maximum absolute atomic E-state index is 13.1. The van der Waals surface area contributed by atoms with Gasteiger partial charge in [0.15, 0.2) is 5.43 Å². The van der Waals surface area contributed by atoms with Crippen LogP contribution >= 0.6 is 0 Å². The number of methoxy groups -OCH3 is 1. The molecule has 3 aromatic carbocycles. The molecule has 1 aliphatic rings. The molecule has 1 aliphatic heterocycles. The lowest BCUT2D eigenvalue weighted by atomic mass is 10.0. The van der Waals surface area contributed by atoms with Crippen LogP contribution in [0.5, 0.6) is 11.5 Å². The van der Waals surface area contributed by atoms with E-state index >= 15 is 0 Å². The number of fused-ring (bicyclic) bond motifs is 1. The summed E-state index contributed by atoms with van der Waals surface area (Å²) in [5.74, 6) is 1.41. The molecule has 0 amide bonds. The molecule has 4 aromatic rings. The number of likely N-dealkylation sites (tertiary alicyclic amines) is 1. The second-order valence-electron chi connectivity index (χ2n) is 10.5. The van der Waals surface area contributed by atoms with Crippen LogP contribution in [0, 0.1) is 10.1 Å². The Kier molecular flexibility index (Phi) is 8.96. The summed E-state index contributed by atoms with van der Waals surface area (Å²) in [6, 6.07) is 20.1. The SMILES string of the molecule is COc1ccc(-c2coc3cc(OCCCN(C)C4CCN(Cc5ccc([N+](=O)[O-])cc5)CC4)ccc3c2=O)cc1. The van der Waals surface area contributed by atoms with E-state index in [4.69, 9.17) is 13.9 Å². The fourth-order valence-electron chi connectivity index (χ4n) is 5.35. The molecule has 2 heterocycles. The Morgan fingerprint density at radius 3 is 2.41 bits per heavy atom. The minimum atomic E-state index is -0.364. The van der Waals surface area contributed by atoms with Gasteiger partial charge in [-0.3, -0.25) is 19.8 Å². The predicted molar refractivity (Wildman–Crippen MR) is 159 cm³/mol. The van der Waals surface area contributed by atoms with Crippen LogP contribution in [0.25, 0.3) is 22.1 Å². The van der Waals surface area contributed by atoms with Crippen molar-refractivity contribution in [3.8, 4) is 22.6 Å². The average Bonchev–Trinajstić information content (AvgIpc) is 3.00. The molecule has 9 nitrogen and oxygen atoms in total. The maximum atomic E-state index is 13.1. The van der Waals surface area contributed by atoms with Crippen molar-refractivity contribution in [3.63, 3.8) is 0 Å². The van der Waals surface area contributed by atoms with E-state index < -0.39 is 0 Å². The largest absolute Gasteiger partial charge is 0.497 e. The molecule has 0 saturated carbocycles. The molecule has 5 rings (SSSR count). The zero-order valence-electron chi connectivity index (χ0n) is 23.5. The molecule has 41 heavy (non-hydrogen) atoms. The highest BCUT2D eigenvalue weighted by Gasteiger charge is 2.22. The second kappa shape index (κ2) is 13.0. The van der Waals surface area contributed by atoms with Crippen molar-refractivity contribution < 1.29 is 18.8 Å². The Morgan fingerprint density at radius 1 is 1.02 bits per heavy atom. The van der Waals surface area contributed by atoms with Gasteiger partial charge in [0.25, 0.3) is 5.69 Å². The number of rotatable bonds is 11. The van der Waals surface area contributed by atoms with Crippen molar-refractivity contribution >= 4 is 16.7 Å². The van der Waals surface area contributed by atoms with Crippen LogP contribution in [-0.2, 0) is 6.54 Å². The number of piperidine rings is 1. The maximum Gasteiger partial charge on any atom is 0.269 e. The van der Waals surface area contributed by atoms with Gasteiger partial charge in [0.1, 0.15) is 23.3 Å². The molecular weight excluding hydrogens is 522 g/mol. The van der Waals surface area contributed by atoms with Gasteiger partial charge in [0.05, 0.1) is 29.6 Å². The lowest BCUT2D eigenvalue weighted by Gasteiger charge is -2.36. The number of ether oxygens (including phenoxy) is 2. The number of hydrogen-bond donors (Lipinski definition) is 0.